The van der Waals surface area contributed by atoms with Crippen molar-refractivity contribution in [2.24, 2.45) is 5.92 Å². The molecule has 1 amide bonds. The van der Waals surface area contributed by atoms with E-state index in [1.54, 1.807) is 118 Å². The molecule has 10 aromatic carbocycles. The van der Waals surface area contributed by atoms with Crippen molar-refractivity contribution in [1.29, 1.82) is 0 Å². The highest BCUT2D eigenvalue weighted by molar-refractivity contribution is 8.00. The van der Waals surface area contributed by atoms with Gasteiger partial charge in [-0.05, 0) is 144 Å². The zero-order valence-electron chi connectivity index (χ0n) is 75.3. The molecule has 5 atom stereocenters. The van der Waals surface area contributed by atoms with Gasteiger partial charge in [0.25, 0.3) is 0 Å². The maximum Gasteiger partial charge on any atom is 0.347 e. The Balaban J connectivity index is 0.000000154. The monoisotopic (exact) mass is 1880 g/mol. The number of rotatable bonds is 38. The second-order valence-electron chi connectivity index (χ2n) is 31.9. The lowest BCUT2D eigenvalue weighted by atomic mass is 9.82. The third kappa shape index (κ3) is 24.0. The third-order valence-electron chi connectivity index (χ3n) is 23.3. The van der Waals surface area contributed by atoms with Crippen molar-refractivity contribution >= 4 is 89.9 Å². The quantitative estimate of drug-likeness (QED) is 0.0155. The maximum atomic E-state index is 13.6. The normalized spacial score (nSPS) is 14.6. The van der Waals surface area contributed by atoms with Crippen LogP contribution in [0.1, 0.15) is 147 Å². The summed E-state index contributed by atoms with van der Waals surface area (Å²) in [6.45, 7) is 11.5. The van der Waals surface area contributed by atoms with Gasteiger partial charge >= 0.3 is 29.8 Å². The second kappa shape index (κ2) is 46.5. The summed E-state index contributed by atoms with van der Waals surface area (Å²) in [6, 6.07) is 66.6. The summed E-state index contributed by atoms with van der Waals surface area (Å²) in [4.78, 5) is 82.6. The Labute approximate surface area is 785 Å². The number of carbonyl (C=O) groups is 6. The van der Waals surface area contributed by atoms with Gasteiger partial charge in [-0.3, -0.25) is 19.3 Å². The SMILES string of the molecule is CCCCCS(=O)(=O)N(CCC)CCN1C[C@H](c2ccc3c(c2)OCO3)[C@@H](C(=O)O)[C@@H]1c1ccc(OC)c(OC)c1.CCOC(=O)C(c1ccc2c(c1)OCO2)c1cn(CC)c2cc(C(=O)O)ccc12.COc1cccc(CC(NC(=O)C(c2ccccc2)c2ccccc2)C(=O)O)c1OCCc1ccccc1.O=C(O)c1sc2cc(Cn3ccnc3)ccc2c1Sc1ccccc1O. The molecule has 6 N–H and O–H groups in total. The van der Waals surface area contributed by atoms with Crippen LogP contribution in [-0.2, 0) is 59.9 Å². The fraction of sp³-hybridized carbons (Fsp3) is 0.291. The first-order valence-electron chi connectivity index (χ1n) is 44.1. The lowest BCUT2D eigenvalue weighted by Gasteiger charge is -2.30. The molecule has 0 spiro atoms. The number of imidazole rings is 1. The van der Waals surface area contributed by atoms with Crippen molar-refractivity contribution < 1.29 is 105 Å². The third-order valence-corrected chi connectivity index (χ3v) is 27.7. The van der Waals surface area contributed by atoms with Crippen LogP contribution in [0.4, 0.5) is 0 Å². The number of aliphatic carboxylic acids is 2. The van der Waals surface area contributed by atoms with Crippen LogP contribution in [-0.4, -0.2) is 179 Å². The summed E-state index contributed by atoms with van der Waals surface area (Å²) in [5, 5.41) is 54.1. The molecule has 3 aliphatic rings. The van der Waals surface area contributed by atoms with Crippen molar-refractivity contribution in [3.05, 3.63) is 310 Å². The molecule has 3 aliphatic heterocycles. The van der Waals surface area contributed by atoms with Crippen molar-refractivity contribution in [1.82, 2.24) is 28.6 Å². The number of para-hydroxylation sites is 2. The lowest BCUT2D eigenvalue weighted by Crippen LogP contribution is -2.44. The molecule has 0 bridgehead atoms. The molecule has 0 radical (unpaired) electrons. The number of phenolic OH excluding ortho intramolecular Hbond substituents is 1. The number of carboxylic acid groups (broad SMARTS) is 4. The summed E-state index contributed by atoms with van der Waals surface area (Å²) in [7, 11) is 1.22. The molecule has 28 nitrogen and oxygen atoms in total. The van der Waals surface area contributed by atoms with E-state index in [2.05, 4.69) is 15.2 Å². The number of phenols is 1. The summed E-state index contributed by atoms with van der Waals surface area (Å²) in [6.07, 6.45) is 11.1. The van der Waals surface area contributed by atoms with Crippen LogP contribution in [0.2, 0.25) is 0 Å². The van der Waals surface area contributed by atoms with E-state index < -0.39 is 63.7 Å². The molecule has 700 valence electrons. The Morgan fingerprint density at radius 3 is 1.93 bits per heavy atom. The Morgan fingerprint density at radius 1 is 0.627 bits per heavy atom. The van der Waals surface area contributed by atoms with Gasteiger partial charge in [0.15, 0.2) is 46.0 Å². The number of sulfonamides is 1. The van der Waals surface area contributed by atoms with Crippen molar-refractivity contribution in [2.45, 2.75) is 119 Å². The molecule has 3 aromatic heterocycles. The molecule has 0 aliphatic carbocycles. The van der Waals surface area contributed by atoms with Crippen LogP contribution < -0.4 is 43.2 Å². The minimum atomic E-state index is -3.43. The number of aromatic hydroxyl groups is 1. The molecule has 13 aromatic rings. The molecular weight excluding hydrogens is 1770 g/mol. The number of benzene rings is 10. The maximum absolute atomic E-state index is 13.6. The molecule has 1 fully saturated rings. The Bertz CT molecular complexity index is 6300. The first-order valence-corrected chi connectivity index (χ1v) is 47.3. The van der Waals surface area contributed by atoms with Gasteiger partial charge in [-0.25, -0.2) is 32.1 Å². The Morgan fingerprint density at radius 2 is 1.29 bits per heavy atom. The zero-order chi connectivity index (χ0) is 95.0. The highest BCUT2D eigenvalue weighted by Gasteiger charge is 2.48. The van der Waals surface area contributed by atoms with Gasteiger partial charge in [-0.1, -0.05) is 190 Å². The van der Waals surface area contributed by atoms with Gasteiger partial charge in [0.1, 0.15) is 22.6 Å². The van der Waals surface area contributed by atoms with Gasteiger partial charge in [-0.15, -0.1) is 11.3 Å². The number of carbonyl (C=O) groups excluding carboxylic acids is 2. The second-order valence-corrected chi connectivity index (χ2v) is 36.0. The molecular formula is C103H108N6O22S3. The van der Waals surface area contributed by atoms with E-state index >= 15 is 0 Å². The van der Waals surface area contributed by atoms with Crippen LogP contribution in [0, 0.1) is 5.92 Å². The van der Waals surface area contributed by atoms with E-state index in [1.807, 2.05) is 194 Å². The van der Waals surface area contributed by atoms with Gasteiger partial charge in [0, 0.05) is 114 Å². The highest BCUT2D eigenvalue weighted by atomic mass is 32.2. The van der Waals surface area contributed by atoms with Gasteiger partial charge in [0.2, 0.25) is 29.5 Å². The number of nitrogens with one attached hydrogen (secondary N) is 1. The minimum Gasteiger partial charge on any atom is -0.507 e. The average Bonchev–Trinajstić information content (AvgIpc) is 1.61. The number of esters is 1. The number of ether oxygens (including phenoxy) is 9. The topological polar surface area (TPSA) is 362 Å². The molecule has 6 heterocycles. The number of likely N-dealkylation sites (tertiary alicyclic amines) is 1. The molecule has 31 heteroatoms. The van der Waals surface area contributed by atoms with Crippen LogP contribution in [0.25, 0.3) is 21.0 Å². The fourth-order valence-corrected chi connectivity index (χ4v) is 20.7. The number of amides is 1. The summed E-state index contributed by atoms with van der Waals surface area (Å²) >= 11 is 2.54. The van der Waals surface area contributed by atoms with Crippen LogP contribution in [0.5, 0.6) is 51.7 Å². The predicted molar refractivity (Wildman–Crippen MR) is 510 cm³/mol. The smallest absolute Gasteiger partial charge is 0.347 e. The zero-order valence-corrected chi connectivity index (χ0v) is 77.7. The van der Waals surface area contributed by atoms with E-state index in [1.165, 1.54) is 23.1 Å². The number of aromatic carboxylic acids is 2. The van der Waals surface area contributed by atoms with Crippen LogP contribution in [0.15, 0.2) is 259 Å². The van der Waals surface area contributed by atoms with E-state index in [0.29, 0.717) is 120 Å². The van der Waals surface area contributed by atoms with E-state index in [-0.39, 0.29) is 72.9 Å². The van der Waals surface area contributed by atoms with Crippen molar-refractivity contribution in [2.75, 3.05) is 80.1 Å². The number of aryl methyl sites for hydroxylation is 1. The largest absolute Gasteiger partial charge is 0.507 e. The minimum absolute atomic E-state index is 0.0369. The highest BCUT2D eigenvalue weighted by Crippen LogP contribution is 2.50. The van der Waals surface area contributed by atoms with Crippen molar-refractivity contribution in [3.63, 3.8) is 0 Å². The predicted octanol–water partition coefficient (Wildman–Crippen LogP) is 18.3. The van der Waals surface area contributed by atoms with Crippen LogP contribution in [0.3, 0.4) is 0 Å². The van der Waals surface area contributed by atoms with Gasteiger partial charge < -0.3 is 82.6 Å². The lowest BCUT2D eigenvalue weighted by molar-refractivity contribution is -0.144. The van der Waals surface area contributed by atoms with Crippen molar-refractivity contribution in [3.8, 4) is 51.7 Å². The van der Waals surface area contributed by atoms with Gasteiger partial charge in [-0.2, -0.15) is 0 Å². The number of thiophene rings is 1. The number of nitrogens with zero attached hydrogens (tertiary/aromatic N) is 5. The number of aromatic nitrogens is 3. The molecule has 134 heavy (non-hydrogen) atoms. The number of methoxy groups -OCH3 is 3. The van der Waals surface area contributed by atoms with Crippen LogP contribution >= 0.6 is 23.1 Å². The number of fused-ring (bicyclic) bond motifs is 4. The molecule has 1 saturated heterocycles. The Hall–Kier alpha value is -13.9. The summed E-state index contributed by atoms with van der Waals surface area (Å²) < 4.78 is 82.7. The molecule has 16 rings (SSSR count). The molecule has 0 saturated carbocycles. The van der Waals surface area contributed by atoms with E-state index in [4.69, 9.17) is 42.6 Å². The summed E-state index contributed by atoms with van der Waals surface area (Å²) in [5.41, 5.74) is 8.48. The average molecular weight is 1880 g/mol. The number of hydrogen-bond acceptors (Lipinski definition) is 22. The number of unbranched alkanes of at least 4 members (excludes halogenated alkanes) is 2. The number of hydrogen-bond donors (Lipinski definition) is 6. The van der Waals surface area contributed by atoms with E-state index in [9.17, 15) is 62.7 Å². The molecule has 2 unspecified atom stereocenters. The first-order chi connectivity index (χ1) is 64.9. The summed E-state index contributed by atoms with van der Waals surface area (Å²) in [5.74, 6) is -2.46. The standard InChI is InChI=1S/C32H31NO5.C30H42N2O8S.C22H21NO6.C19H14N2O3S2/c1-37-28-19-11-18-26(30(28)38-21-20-23-12-5-2-6-13-23)22-27(32(35)36)33-31(34)29(24-14-7-3-8-15-24)25-16-9-4-10-17-25;1-5-7-8-16-41(35,36)32(13-6-2)15-14-31-19-23(21-9-12-25-27(17-21)40-20-39-25)28(30(33)34)29(31)22-10-11-24(37-3)26(18-22)38-4;1-3-23-11-16(15-7-5-14(21(24)25)9-17(15)23)20(22(26)27-4-2)13-6-8-18-19(10-13)29-12-28-18;22-14-3-1-2-4-15(14)25-17-13-6-5-12(10-21-8-7-20-11-21)9-16(13)26-18(17)19(23)24/h2-19,27,29H,20-22H2,1H3,(H,33,34)(H,35,36);9-12,17-18,23,28-29H,5-8,13-16,19-20H2,1-4H3,(H,33,34);5-11,20H,3-4,12H2,1-2H3,(H,24,25);1-9,11,22H,10H2,(H,23,24)/t;23-,28-,29+;;/m.1../s1. The van der Waals surface area contributed by atoms with Gasteiger partial charge in [0.05, 0.1) is 68.9 Å². The first kappa shape index (κ1) is 97.7. The fourth-order valence-electron chi connectivity index (χ4n) is 16.8. The Kier molecular flexibility index (Phi) is 33.9. The number of carboxylic acids is 4. The van der Waals surface area contributed by atoms with E-state index in [0.717, 1.165) is 78.3 Å².